The van der Waals surface area contributed by atoms with E-state index in [1.165, 1.54) is 10.6 Å². The number of fused-ring (bicyclic) bond motifs is 3. The van der Waals surface area contributed by atoms with Gasteiger partial charge in [-0.25, -0.2) is 4.98 Å². The number of hydrazine groups is 1. The van der Waals surface area contributed by atoms with Crippen LogP contribution in [0.15, 0.2) is 53.3 Å². The van der Waals surface area contributed by atoms with E-state index in [9.17, 15) is 14.9 Å². The van der Waals surface area contributed by atoms with Crippen LogP contribution >= 0.6 is 0 Å². The van der Waals surface area contributed by atoms with E-state index in [1.807, 2.05) is 13.0 Å². The first-order chi connectivity index (χ1) is 15.0. The molecule has 31 heavy (non-hydrogen) atoms. The normalized spacial score (nSPS) is 11.5. The van der Waals surface area contributed by atoms with Crippen molar-refractivity contribution in [2.75, 3.05) is 6.61 Å². The van der Waals surface area contributed by atoms with Crippen LogP contribution in [0.5, 0.6) is 5.75 Å². The van der Waals surface area contributed by atoms with Gasteiger partial charge in [-0.05, 0) is 55.8 Å². The number of imidazole rings is 1. The maximum atomic E-state index is 13.2. The summed E-state index contributed by atoms with van der Waals surface area (Å²) in [6, 6.07) is 16.0. The lowest BCUT2D eigenvalue weighted by Crippen LogP contribution is -2.40. The third kappa shape index (κ3) is 3.53. The highest BCUT2D eigenvalue weighted by Gasteiger charge is 2.16. The SMILES string of the molecule is CCOc1ccc(C(=O)NNC=c2c(C)c(C#N)c3nc4ccccc4n3c2=O)cc1. The lowest BCUT2D eigenvalue weighted by molar-refractivity contribution is 0.0943. The molecule has 0 atom stereocenters. The van der Waals surface area contributed by atoms with Gasteiger partial charge in [0.05, 0.1) is 28.4 Å². The number of benzene rings is 2. The van der Waals surface area contributed by atoms with Gasteiger partial charge in [0, 0.05) is 11.8 Å². The van der Waals surface area contributed by atoms with Gasteiger partial charge in [-0.1, -0.05) is 12.1 Å². The average molecular weight is 413 g/mol. The third-order valence-electron chi connectivity index (χ3n) is 4.94. The lowest BCUT2D eigenvalue weighted by Gasteiger charge is -2.07. The molecule has 154 valence electrons. The van der Waals surface area contributed by atoms with Crippen molar-refractivity contribution in [1.29, 1.82) is 5.26 Å². The monoisotopic (exact) mass is 413 g/mol. The van der Waals surface area contributed by atoms with E-state index in [-0.39, 0.29) is 16.7 Å². The quantitative estimate of drug-likeness (QED) is 0.483. The average Bonchev–Trinajstić information content (AvgIpc) is 3.16. The van der Waals surface area contributed by atoms with Crippen molar-refractivity contribution in [1.82, 2.24) is 20.2 Å². The first-order valence-corrected chi connectivity index (χ1v) is 9.68. The van der Waals surface area contributed by atoms with Gasteiger partial charge in [0.1, 0.15) is 11.8 Å². The molecule has 0 aliphatic carbocycles. The highest BCUT2D eigenvalue weighted by molar-refractivity contribution is 5.94. The molecule has 2 aromatic heterocycles. The Labute approximate surface area is 177 Å². The van der Waals surface area contributed by atoms with E-state index in [1.54, 1.807) is 49.4 Å². The molecule has 4 rings (SSSR count). The maximum absolute atomic E-state index is 13.2. The predicted octanol–water partition coefficient (Wildman–Crippen LogP) is 1.82. The Hall–Kier alpha value is -4.38. The third-order valence-corrected chi connectivity index (χ3v) is 4.94. The fourth-order valence-corrected chi connectivity index (χ4v) is 3.40. The van der Waals surface area contributed by atoms with Gasteiger partial charge in [0.25, 0.3) is 11.5 Å². The number of carbonyl (C=O) groups is 1. The molecule has 1 amide bonds. The molecule has 0 aliphatic heterocycles. The number of aromatic nitrogens is 2. The smallest absolute Gasteiger partial charge is 0.269 e. The molecule has 2 aromatic carbocycles. The Balaban J connectivity index is 1.69. The zero-order chi connectivity index (χ0) is 22.0. The molecule has 2 heterocycles. The number of nitrogens with zero attached hydrogens (tertiary/aromatic N) is 3. The van der Waals surface area contributed by atoms with E-state index in [4.69, 9.17) is 4.74 Å². The van der Waals surface area contributed by atoms with Crippen LogP contribution < -0.4 is 26.4 Å². The molecule has 2 N–H and O–H groups in total. The van der Waals surface area contributed by atoms with Crippen molar-refractivity contribution in [2.24, 2.45) is 0 Å². The summed E-state index contributed by atoms with van der Waals surface area (Å²) in [5, 5.41) is 9.92. The van der Waals surface area contributed by atoms with Crippen LogP contribution in [0.4, 0.5) is 0 Å². The van der Waals surface area contributed by atoms with Gasteiger partial charge in [-0.15, -0.1) is 0 Å². The molecule has 0 unspecified atom stereocenters. The Morgan fingerprint density at radius 3 is 2.68 bits per heavy atom. The largest absolute Gasteiger partial charge is 0.494 e. The molecular formula is C23H19N5O3. The number of rotatable bonds is 5. The first-order valence-electron chi connectivity index (χ1n) is 9.68. The van der Waals surface area contributed by atoms with Gasteiger partial charge in [0.2, 0.25) is 0 Å². The van der Waals surface area contributed by atoms with Crippen LogP contribution in [0, 0.1) is 18.3 Å². The van der Waals surface area contributed by atoms with Crippen LogP contribution in [0.2, 0.25) is 0 Å². The summed E-state index contributed by atoms with van der Waals surface area (Å²) >= 11 is 0. The number of carbonyl (C=O) groups excluding carboxylic acids is 1. The summed E-state index contributed by atoms with van der Waals surface area (Å²) in [5.41, 5.74) is 7.67. The summed E-state index contributed by atoms with van der Waals surface area (Å²) in [6.07, 6.45) is 1.39. The van der Waals surface area contributed by atoms with Crippen molar-refractivity contribution in [2.45, 2.75) is 13.8 Å². The topological polar surface area (TPSA) is 109 Å². The number of para-hydroxylation sites is 2. The molecule has 0 saturated carbocycles. The molecule has 0 fully saturated rings. The van der Waals surface area contributed by atoms with Gasteiger partial charge in [-0.2, -0.15) is 5.26 Å². The number of hydrogen-bond acceptors (Lipinski definition) is 6. The fraction of sp³-hybridized carbons (Fsp3) is 0.130. The van der Waals surface area contributed by atoms with Crippen molar-refractivity contribution in [3.63, 3.8) is 0 Å². The van der Waals surface area contributed by atoms with Gasteiger partial charge in [0.15, 0.2) is 5.65 Å². The second-order valence-corrected chi connectivity index (χ2v) is 6.79. The zero-order valence-corrected chi connectivity index (χ0v) is 17.0. The second-order valence-electron chi connectivity index (χ2n) is 6.79. The van der Waals surface area contributed by atoms with Crippen molar-refractivity contribution < 1.29 is 9.53 Å². The fourth-order valence-electron chi connectivity index (χ4n) is 3.40. The molecule has 0 spiro atoms. The minimum Gasteiger partial charge on any atom is -0.494 e. The van der Waals surface area contributed by atoms with E-state index in [0.29, 0.717) is 45.7 Å². The summed E-state index contributed by atoms with van der Waals surface area (Å²) in [7, 11) is 0. The maximum Gasteiger partial charge on any atom is 0.269 e. The molecule has 8 heteroatoms. The highest BCUT2D eigenvalue weighted by Crippen LogP contribution is 2.17. The molecule has 0 saturated heterocycles. The Bertz CT molecular complexity index is 1450. The van der Waals surface area contributed by atoms with E-state index in [2.05, 4.69) is 21.9 Å². The van der Waals surface area contributed by atoms with Crippen LogP contribution in [-0.2, 0) is 0 Å². The van der Waals surface area contributed by atoms with Crippen LogP contribution in [0.3, 0.4) is 0 Å². The summed E-state index contributed by atoms with van der Waals surface area (Å²) < 4.78 is 6.78. The Morgan fingerprint density at radius 1 is 1.23 bits per heavy atom. The first kappa shape index (κ1) is 19.9. The van der Waals surface area contributed by atoms with E-state index < -0.39 is 0 Å². The Kier molecular flexibility index (Phi) is 5.24. The predicted molar refractivity (Wildman–Crippen MR) is 116 cm³/mol. The van der Waals surface area contributed by atoms with Crippen molar-refractivity contribution in [3.8, 4) is 11.8 Å². The minimum absolute atomic E-state index is 0.263. The molecular weight excluding hydrogens is 394 g/mol. The van der Waals surface area contributed by atoms with Crippen LogP contribution in [0.1, 0.15) is 28.4 Å². The number of nitriles is 1. The number of amides is 1. The number of pyridine rings is 1. The molecule has 0 bridgehead atoms. The highest BCUT2D eigenvalue weighted by atomic mass is 16.5. The lowest BCUT2D eigenvalue weighted by atomic mass is 10.1. The van der Waals surface area contributed by atoms with Gasteiger partial charge >= 0.3 is 0 Å². The van der Waals surface area contributed by atoms with Gasteiger partial charge in [-0.3, -0.25) is 19.4 Å². The van der Waals surface area contributed by atoms with E-state index in [0.717, 1.165) is 0 Å². The summed E-state index contributed by atoms with van der Waals surface area (Å²) in [4.78, 5) is 30.0. The van der Waals surface area contributed by atoms with Gasteiger partial charge < -0.3 is 10.2 Å². The molecule has 8 nitrogen and oxygen atoms in total. The van der Waals surface area contributed by atoms with Crippen molar-refractivity contribution in [3.05, 3.63) is 80.8 Å². The summed E-state index contributed by atoms with van der Waals surface area (Å²) in [6.45, 7) is 4.11. The number of hydrogen-bond donors (Lipinski definition) is 2. The molecule has 4 aromatic rings. The summed E-state index contributed by atoms with van der Waals surface area (Å²) in [5.74, 6) is 0.300. The number of nitrogens with one attached hydrogen (secondary N) is 2. The number of ether oxygens (including phenoxy) is 1. The van der Waals surface area contributed by atoms with Crippen LogP contribution in [-0.4, -0.2) is 21.9 Å². The minimum atomic E-state index is -0.376. The molecule has 0 aliphatic rings. The standard InChI is InChI=1S/C23H19N5O3/c1-3-31-16-10-8-15(9-11-16)22(29)27-25-13-18-14(2)17(12-24)21-26-19-6-4-5-7-20(19)28(21)23(18)30/h4-11,13,25H,3H2,1-2H3,(H,27,29). The van der Waals surface area contributed by atoms with Crippen LogP contribution in [0.25, 0.3) is 22.9 Å². The molecule has 0 radical (unpaired) electrons. The second kappa shape index (κ2) is 8.16. The zero-order valence-electron chi connectivity index (χ0n) is 17.0. The van der Waals surface area contributed by atoms with E-state index >= 15 is 0 Å². The van der Waals surface area contributed by atoms with Crippen molar-refractivity contribution >= 4 is 28.8 Å². The Morgan fingerprint density at radius 2 is 1.97 bits per heavy atom.